The van der Waals surface area contributed by atoms with Gasteiger partial charge in [0.2, 0.25) is 0 Å². The largest absolute Gasteiger partial charge is 0.457 e. The van der Waals surface area contributed by atoms with E-state index in [9.17, 15) is 4.79 Å². The molecule has 1 saturated carbocycles. The number of thiazole rings is 1. The quantitative estimate of drug-likeness (QED) is 0.658. The Morgan fingerprint density at radius 2 is 2.17 bits per heavy atom. The average Bonchev–Trinajstić information content (AvgIpc) is 3.10. The lowest BCUT2D eigenvalue weighted by Gasteiger charge is -2.16. The molecule has 1 amide bonds. The lowest BCUT2D eigenvalue weighted by Crippen LogP contribution is -2.41. The summed E-state index contributed by atoms with van der Waals surface area (Å²) >= 11 is 1.30. The Morgan fingerprint density at radius 1 is 1.31 bits per heavy atom. The van der Waals surface area contributed by atoms with Crippen molar-refractivity contribution in [2.24, 2.45) is 5.92 Å². The number of nitriles is 1. The van der Waals surface area contributed by atoms with Crippen LogP contribution < -0.4 is 10.1 Å². The normalized spacial score (nSPS) is 21.9. The predicted octanol–water partition coefficient (Wildman–Crippen LogP) is 3.28. The Hall–Kier alpha value is -3.44. The van der Waals surface area contributed by atoms with Gasteiger partial charge in [0.05, 0.1) is 22.5 Å². The third kappa shape index (κ3) is 3.30. The van der Waals surface area contributed by atoms with Crippen LogP contribution in [0, 0.1) is 17.4 Å². The van der Waals surface area contributed by atoms with E-state index in [4.69, 9.17) is 10.00 Å². The van der Waals surface area contributed by atoms with Crippen molar-refractivity contribution in [3.05, 3.63) is 60.0 Å². The summed E-state index contributed by atoms with van der Waals surface area (Å²) in [5.74, 6) is 1.54. The van der Waals surface area contributed by atoms with E-state index in [1.807, 2.05) is 30.3 Å². The number of pyridine rings is 1. The Balaban J connectivity index is 1.35. The van der Waals surface area contributed by atoms with Crippen molar-refractivity contribution in [3.8, 4) is 28.1 Å². The Labute approximate surface area is 171 Å². The van der Waals surface area contributed by atoms with E-state index in [0.29, 0.717) is 23.2 Å². The van der Waals surface area contributed by atoms with Crippen LogP contribution in [0.2, 0.25) is 0 Å². The zero-order chi connectivity index (χ0) is 19.8. The van der Waals surface area contributed by atoms with E-state index in [1.165, 1.54) is 11.3 Å². The highest BCUT2D eigenvalue weighted by Gasteiger charge is 2.61. The third-order valence-electron chi connectivity index (χ3n) is 5.37. The van der Waals surface area contributed by atoms with E-state index in [2.05, 4.69) is 21.5 Å². The highest BCUT2D eigenvalue weighted by Crippen LogP contribution is 2.49. The van der Waals surface area contributed by atoms with Gasteiger partial charge < -0.3 is 15.0 Å². The van der Waals surface area contributed by atoms with Gasteiger partial charge in [-0.2, -0.15) is 5.26 Å². The molecule has 5 rings (SSSR count). The molecule has 3 aromatic rings. The van der Waals surface area contributed by atoms with Crippen LogP contribution in [0.25, 0.3) is 10.4 Å². The van der Waals surface area contributed by atoms with Crippen molar-refractivity contribution in [3.63, 3.8) is 0 Å². The second-order valence-corrected chi connectivity index (χ2v) is 8.34. The molecule has 29 heavy (non-hydrogen) atoms. The van der Waals surface area contributed by atoms with Crippen LogP contribution in [-0.2, 0) is 0 Å². The number of nitrogens with zero attached hydrogens (tertiary/aromatic N) is 4. The van der Waals surface area contributed by atoms with Crippen LogP contribution in [0.3, 0.4) is 0 Å². The summed E-state index contributed by atoms with van der Waals surface area (Å²) in [6, 6.07) is 11.3. The molecule has 1 aromatic carbocycles. The Morgan fingerprint density at radius 3 is 2.97 bits per heavy atom. The first-order chi connectivity index (χ1) is 14.2. The number of carbonyl (C=O) groups excluding carboxylic acids is 1. The number of hydrogen-bond acceptors (Lipinski definition) is 7. The first kappa shape index (κ1) is 17.6. The number of ether oxygens (including phenoxy) is 1. The molecule has 2 atom stereocenters. The molecule has 2 aliphatic rings. The van der Waals surface area contributed by atoms with E-state index in [-0.39, 0.29) is 11.4 Å². The van der Waals surface area contributed by atoms with Gasteiger partial charge in [0.15, 0.2) is 11.2 Å². The van der Waals surface area contributed by atoms with Crippen molar-refractivity contribution < 1.29 is 9.53 Å². The highest BCUT2D eigenvalue weighted by molar-refractivity contribution is 7.17. The first-order valence-corrected chi connectivity index (χ1v) is 10.1. The summed E-state index contributed by atoms with van der Waals surface area (Å²) in [6.45, 7) is 1.30. The van der Waals surface area contributed by atoms with Gasteiger partial charge >= 0.3 is 0 Å². The van der Waals surface area contributed by atoms with E-state index in [0.717, 1.165) is 29.2 Å². The molecule has 8 heteroatoms. The second-order valence-electron chi connectivity index (χ2n) is 7.31. The molecule has 2 fully saturated rings. The lowest BCUT2D eigenvalue weighted by atomic mass is 10.2. The first-order valence-electron chi connectivity index (χ1n) is 9.27. The van der Waals surface area contributed by atoms with Crippen LogP contribution in [0.1, 0.15) is 16.2 Å². The monoisotopic (exact) mass is 403 g/mol. The number of hydrogen-bond donors (Lipinski definition) is 1. The summed E-state index contributed by atoms with van der Waals surface area (Å²) in [5, 5.41) is 12.6. The maximum atomic E-state index is 12.7. The highest BCUT2D eigenvalue weighted by atomic mass is 32.1. The molecule has 144 valence electrons. The van der Waals surface area contributed by atoms with Crippen LogP contribution in [0.4, 0.5) is 0 Å². The maximum absolute atomic E-state index is 12.7. The fourth-order valence-corrected chi connectivity index (χ4v) is 4.63. The number of aromatic nitrogens is 2. The fraction of sp³-hybridized carbons (Fsp3) is 0.238. The van der Waals surface area contributed by atoms with Gasteiger partial charge in [-0.1, -0.05) is 18.2 Å². The van der Waals surface area contributed by atoms with Gasteiger partial charge in [-0.05, 0) is 24.6 Å². The lowest BCUT2D eigenvalue weighted by molar-refractivity contribution is 0.0929. The Kier molecular flexibility index (Phi) is 4.18. The molecule has 1 unspecified atom stereocenters. The fourth-order valence-electron chi connectivity index (χ4n) is 3.81. The van der Waals surface area contributed by atoms with Gasteiger partial charge in [0, 0.05) is 31.1 Å². The topological polar surface area (TPSA) is 91.1 Å². The van der Waals surface area contributed by atoms with E-state index < -0.39 is 0 Å². The van der Waals surface area contributed by atoms with Crippen LogP contribution in [0.15, 0.2) is 55.0 Å². The standard InChI is InChI=1S/C21H17N5O2S/c22-13-26-11-14-8-21(14,12-26)25-19(27)20-24-10-18(29-20)16-9-23-7-6-17(16)28-15-4-2-1-3-5-15/h1-7,9-10,14H,8,11-12H2,(H,25,27)/t14?,21-/m0/s1. The molecule has 0 bridgehead atoms. The number of amides is 1. The van der Waals surface area contributed by atoms with Crippen molar-refractivity contribution in [1.82, 2.24) is 20.2 Å². The minimum absolute atomic E-state index is 0.196. The number of likely N-dealkylation sites (tertiary alicyclic amines) is 1. The summed E-state index contributed by atoms with van der Waals surface area (Å²) in [4.78, 5) is 23.8. The number of benzene rings is 1. The SMILES string of the molecule is N#CN1CC2C[C@]2(NC(=O)c2ncc(-c3cnccc3Oc3ccccc3)s2)C1. The zero-order valence-electron chi connectivity index (χ0n) is 15.4. The molecule has 3 heterocycles. The van der Waals surface area contributed by atoms with Gasteiger partial charge in [0.25, 0.3) is 5.91 Å². The van der Waals surface area contributed by atoms with Crippen molar-refractivity contribution >= 4 is 17.2 Å². The maximum Gasteiger partial charge on any atom is 0.280 e. The number of nitrogens with one attached hydrogen (secondary N) is 1. The number of carbonyl (C=O) groups is 1. The number of rotatable bonds is 5. The molecule has 7 nitrogen and oxygen atoms in total. The second kappa shape index (κ2) is 6.87. The Bertz CT molecular complexity index is 1110. The van der Waals surface area contributed by atoms with Crippen LogP contribution in [-0.4, -0.2) is 39.4 Å². The minimum atomic E-state index is -0.269. The van der Waals surface area contributed by atoms with Crippen molar-refractivity contribution in [2.75, 3.05) is 13.1 Å². The molecule has 1 aliphatic carbocycles. The molecule has 0 spiro atoms. The summed E-state index contributed by atoms with van der Waals surface area (Å²) in [6.07, 6.45) is 8.14. The van der Waals surface area contributed by atoms with E-state index in [1.54, 1.807) is 29.6 Å². The summed E-state index contributed by atoms with van der Waals surface area (Å²) < 4.78 is 5.99. The molecular formula is C21H17N5O2S. The molecule has 2 aromatic heterocycles. The van der Waals surface area contributed by atoms with Gasteiger partial charge in [-0.15, -0.1) is 11.3 Å². The van der Waals surface area contributed by atoms with Crippen molar-refractivity contribution in [1.29, 1.82) is 5.26 Å². The predicted molar refractivity (Wildman–Crippen MR) is 107 cm³/mol. The molecule has 1 N–H and O–H groups in total. The minimum Gasteiger partial charge on any atom is -0.457 e. The smallest absolute Gasteiger partial charge is 0.280 e. The van der Waals surface area contributed by atoms with Gasteiger partial charge in [-0.25, -0.2) is 4.98 Å². The number of para-hydroxylation sites is 1. The molecular weight excluding hydrogens is 386 g/mol. The summed E-state index contributed by atoms with van der Waals surface area (Å²) in [5.41, 5.74) is 0.515. The number of piperidine rings is 1. The van der Waals surface area contributed by atoms with Gasteiger partial charge in [0.1, 0.15) is 11.5 Å². The average molecular weight is 403 g/mol. The number of fused-ring (bicyclic) bond motifs is 1. The zero-order valence-corrected chi connectivity index (χ0v) is 16.2. The molecule has 1 aliphatic heterocycles. The van der Waals surface area contributed by atoms with Gasteiger partial charge in [-0.3, -0.25) is 9.78 Å². The van der Waals surface area contributed by atoms with E-state index >= 15 is 0 Å². The van der Waals surface area contributed by atoms with Crippen LogP contribution in [0.5, 0.6) is 11.5 Å². The molecule has 1 saturated heterocycles. The van der Waals surface area contributed by atoms with Crippen molar-refractivity contribution in [2.45, 2.75) is 12.0 Å². The summed E-state index contributed by atoms with van der Waals surface area (Å²) in [7, 11) is 0. The molecule has 0 radical (unpaired) electrons. The van der Waals surface area contributed by atoms with Crippen LogP contribution >= 0.6 is 11.3 Å². The third-order valence-corrected chi connectivity index (χ3v) is 6.40.